The molecule has 0 saturated heterocycles. The van der Waals surface area contributed by atoms with Crippen LogP contribution in [0, 0.1) is 0 Å². The first-order chi connectivity index (χ1) is 13.0. The Labute approximate surface area is 173 Å². The molecule has 28 heavy (non-hydrogen) atoms. The van der Waals surface area contributed by atoms with Crippen molar-refractivity contribution >= 4 is 47.3 Å². The number of amides is 2. The number of nitrogens with one attached hydrogen (secondary N) is 2. The molecule has 4 atom stereocenters. The molecule has 0 aliphatic heterocycles. The maximum atomic E-state index is 11.1. The van der Waals surface area contributed by atoms with Gasteiger partial charge in [-0.15, -0.1) is 0 Å². The van der Waals surface area contributed by atoms with E-state index >= 15 is 0 Å². The Morgan fingerprint density at radius 1 is 0.786 bits per heavy atom. The van der Waals surface area contributed by atoms with E-state index in [1.165, 1.54) is 37.4 Å². The molecule has 0 rings (SSSR count). The van der Waals surface area contributed by atoms with E-state index in [1.807, 2.05) is 12.5 Å². The second-order valence-corrected chi connectivity index (χ2v) is 7.91. The maximum Gasteiger partial charge on any atom is 0.326 e. The molecule has 2 amide bonds. The number of carboxylic acids is 2. The highest BCUT2D eigenvalue weighted by Gasteiger charge is 2.21. The average Bonchev–Trinajstić information content (AvgIpc) is 2.61. The van der Waals surface area contributed by atoms with Gasteiger partial charge in [0.1, 0.15) is 12.1 Å². The quantitative estimate of drug-likeness (QED) is 0.227. The number of carbonyl (C=O) groups is 4. The summed E-state index contributed by atoms with van der Waals surface area (Å²) in [4.78, 5) is 43.6. The molecule has 0 aromatic carbocycles. The fraction of sp³-hybridized carbons (Fsp3) is 0.750. The zero-order valence-corrected chi connectivity index (χ0v) is 18.3. The number of aliphatic carboxylic acids is 2. The number of carbonyl (C=O) groups excluding carboxylic acids is 2. The summed E-state index contributed by atoms with van der Waals surface area (Å²) in [6, 6.07) is -3.01. The SMILES string of the molecule is CSCC[C@H](NC(=O)[C@H](C)N)C(=O)O.CSCC[C@H](NC(=O)[C@H](C)N)C(=O)O. The first-order valence-corrected chi connectivity index (χ1v) is 11.3. The predicted molar refractivity (Wildman–Crippen MR) is 112 cm³/mol. The molecular formula is C16H32N4O6S2. The fourth-order valence-electron chi connectivity index (χ4n) is 1.59. The van der Waals surface area contributed by atoms with Gasteiger partial charge in [-0.3, -0.25) is 9.59 Å². The van der Waals surface area contributed by atoms with Crippen molar-refractivity contribution in [2.75, 3.05) is 24.0 Å². The van der Waals surface area contributed by atoms with E-state index in [9.17, 15) is 19.2 Å². The third-order valence-electron chi connectivity index (χ3n) is 3.28. The minimum absolute atomic E-state index is 0.412. The first kappa shape index (κ1) is 28.7. The second kappa shape index (κ2) is 16.5. The number of nitrogens with two attached hydrogens (primary N) is 2. The van der Waals surface area contributed by atoms with Crippen LogP contribution in [0.3, 0.4) is 0 Å². The first-order valence-electron chi connectivity index (χ1n) is 8.53. The van der Waals surface area contributed by atoms with Gasteiger partial charge in [0.15, 0.2) is 0 Å². The van der Waals surface area contributed by atoms with E-state index in [0.29, 0.717) is 24.3 Å². The summed E-state index contributed by atoms with van der Waals surface area (Å²) < 4.78 is 0. The van der Waals surface area contributed by atoms with Crippen LogP contribution in [0.5, 0.6) is 0 Å². The Morgan fingerprint density at radius 3 is 1.25 bits per heavy atom. The summed E-state index contributed by atoms with van der Waals surface area (Å²) in [5.74, 6) is -1.52. The van der Waals surface area contributed by atoms with Crippen LogP contribution in [0.15, 0.2) is 0 Å². The summed E-state index contributed by atoms with van der Waals surface area (Å²) in [6.07, 6.45) is 4.59. The van der Waals surface area contributed by atoms with E-state index in [0.717, 1.165) is 0 Å². The molecule has 0 spiro atoms. The monoisotopic (exact) mass is 440 g/mol. The predicted octanol–water partition coefficient (Wildman–Crippen LogP) is -0.688. The van der Waals surface area contributed by atoms with Gasteiger partial charge in [0, 0.05) is 0 Å². The zero-order chi connectivity index (χ0) is 22.3. The van der Waals surface area contributed by atoms with Gasteiger partial charge in [0.2, 0.25) is 11.8 Å². The molecule has 0 aliphatic carbocycles. The normalized spacial score (nSPS) is 14.5. The van der Waals surface area contributed by atoms with Gasteiger partial charge >= 0.3 is 11.9 Å². The van der Waals surface area contributed by atoms with E-state index in [-0.39, 0.29) is 0 Å². The lowest BCUT2D eigenvalue weighted by atomic mass is 10.2. The molecule has 0 unspecified atom stereocenters. The van der Waals surface area contributed by atoms with Crippen LogP contribution in [0.2, 0.25) is 0 Å². The standard InChI is InChI=1S/2C8H16N2O3S/c2*1-5(9)7(11)10-6(8(12)13)3-4-14-2/h2*5-6H,3-4,9H2,1-2H3,(H,10,11)(H,12,13)/t2*5-,6-/m00/s1. The Kier molecular flexibility index (Phi) is 16.9. The Hall–Kier alpha value is -1.50. The van der Waals surface area contributed by atoms with Crippen LogP contribution >= 0.6 is 23.5 Å². The van der Waals surface area contributed by atoms with Gasteiger partial charge in [0.25, 0.3) is 0 Å². The van der Waals surface area contributed by atoms with Gasteiger partial charge < -0.3 is 32.3 Å². The van der Waals surface area contributed by atoms with Crippen molar-refractivity contribution in [2.45, 2.75) is 50.9 Å². The van der Waals surface area contributed by atoms with Crippen LogP contribution in [0.4, 0.5) is 0 Å². The Balaban J connectivity index is 0. The molecule has 0 aromatic rings. The van der Waals surface area contributed by atoms with Gasteiger partial charge in [-0.1, -0.05) is 0 Å². The van der Waals surface area contributed by atoms with Crippen LogP contribution in [-0.4, -0.2) is 82.2 Å². The van der Waals surface area contributed by atoms with Crippen molar-refractivity contribution < 1.29 is 29.4 Å². The van der Waals surface area contributed by atoms with Crippen LogP contribution < -0.4 is 22.1 Å². The highest BCUT2D eigenvalue weighted by Crippen LogP contribution is 2.02. The lowest BCUT2D eigenvalue weighted by Crippen LogP contribution is -2.47. The van der Waals surface area contributed by atoms with E-state index in [1.54, 1.807) is 0 Å². The van der Waals surface area contributed by atoms with E-state index in [2.05, 4.69) is 10.6 Å². The molecule has 0 aromatic heterocycles. The molecule has 10 nitrogen and oxygen atoms in total. The minimum atomic E-state index is -1.02. The van der Waals surface area contributed by atoms with Crippen molar-refractivity contribution in [3.63, 3.8) is 0 Å². The minimum Gasteiger partial charge on any atom is -0.480 e. The number of hydrogen-bond acceptors (Lipinski definition) is 8. The maximum absolute atomic E-state index is 11.1. The highest BCUT2D eigenvalue weighted by atomic mass is 32.2. The molecule has 164 valence electrons. The van der Waals surface area contributed by atoms with Gasteiger partial charge in [-0.25, -0.2) is 9.59 Å². The lowest BCUT2D eigenvalue weighted by molar-refractivity contribution is -0.142. The van der Waals surface area contributed by atoms with Gasteiger partial charge in [0.05, 0.1) is 12.1 Å². The van der Waals surface area contributed by atoms with Crippen LogP contribution in [0.1, 0.15) is 26.7 Å². The van der Waals surface area contributed by atoms with Crippen molar-refractivity contribution in [3.8, 4) is 0 Å². The number of hydrogen-bond donors (Lipinski definition) is 6. The second-order valence-electron chi connectivity index (χ2n) is 5.94. The fourth-order valence-corrected chi connectivity index (χ4v) is 2.54. The summed E-state index contributed by atoms with van der Waals surface area (Å²) in [5, 5.41) is 22.3. The molecule has 0 fully saturated rings. The molecule has 0 heterocycles. The highest BCUT2D eigenvalue weighted by molar-refractivity contribution is 7.98. The topological polar surface area (TPSA) is 185 Å². The lowest BCUT2D eigenvalue weighted by Gasteiger charge is -2.15. The third-order valence-corrected chi connectivity index (χ3v) is 4.57. The van der Waals surface area contributed by atoms with Crippen LogP contribution in [0.25, 0.3) is 0 Å². The molecule has 0 aliphatic rings. The molecule has 0 radical (unpaired) electrons. The molecular weight excluding hydrogens is 408 g/mol. The van der Waals surface area contributed by atoms with E-state index in [4.69, 9.17) is 21.7 Å². The third kappa shape index (κ3) is 14.5. The van der Waals surface area contributed by atoms with Crippen molar-refractivity contribution in [1.82, 2.24) is 10.6 Å². The number of carboxylic acid groups (broad SMARTS) is 2. The Morgan fingerprint density at radius 2 is 1.07 bits per heavy atom. The molecule has 8 N–H and O–H groups in total. The molecule has 0 saturated carbocycles. The van der Waals surface area contributed by atoms with Crippen molar-refractivity contribution in [1.29, 1.82) is 0 Å². The van der Waals surface area contributed by atoms with Gasteiger partial charge in [-0.05, 0) is 50.7 Å². The van der Waals surface area contributed by atoms with Crippen molar-refractivity contribution in [2.24, 2.45) is 11.5 Å². The summed E-state index contributed by atoms with van der Waals surface area (Å²) in [5.41, 5.74) is 10.6. The largest absolute Gasteiger partial charge is 0.480 e. The van der Waals surface area contributed by atoms with Gasteiger partial charge in [-0.2, -0.15) is 23.5 Å². The number of rotatable bonds is 12. The molecule has 0 bridgehead atoms. The Bertz CT molecular complexity index is 462. The average molecular weight is 441 g/mol. The summed E-state index contributed by atoms with van der Waals surface area (Å²) in [7, 11) is 0. The van der Waals surface area contributed by atoms with Crippen molar-refractivity contribution in [3.05, 3.63) is 0 Å². The molecule has 12 heteroatoms. The van der Waals surface area contributed by atoms with Crippen LogP contribution in [-0.2, 0) is 19.2 Å². The summed E-state index contributed by atoms with van der Waals surface area (Å²) >= 11 is 3.07. The zero-order valence-electron chi connectivity index (χ0n) is 16.6. The number of thioether (sulfide) groups is 2. The smallest absolute Gasteiger partial charge is 0.326 e. The summed E-state index contributed by atoms with van der Waals surface area (Å²) in [6.45, 7) is 3.03. The van der Waals surface area contributed by atoms with E-state index < -0.39 is 47.9 Å².